The highest BCUT2D eigenvalue weighted by Crippen LogP contribution is 2.21. The number of nitrogens with zero attached hydrogens (tertiary/aromatic N) is 2. The van der Waals surface area contributed by atoms with Crippen molar-refractivity contribution in [2.45, 2.75) is 13.3 Å². The summed E-state index contributed by atoms with van der Waals surface area (Å²) >= 11 is 5.82. The zero-order valence-electron chi connectivity index (χ0n) is 10.1. The standard InChI is InChI=1S/C13H12ClFN2O/c1-8-10(7-17(2)16-8)12(18)6-9-4-3-5-11(15)13(9)14/h3-5,7H,6H2,1-2H3. The second-order valence-corrected chi connectivity index (χ2v) is 4.49. The Morgan fingerprint density at radius 1 is 1.50 bits per heavy atom. The number of benzene rings is 1. The molecule has 2 rings (SSSR count). The summed E-state index contributed by atoms with van der Waals surface area (Å²) in [7, 11) is 1.75. The van der Waals surface area contributed by atoms with Gasteiger partial charge >= 0.3 is 0 Å². The predicted octanol–water partition coefficient (Wildman–Crippen LogP) is 2.95. The van der Waals surface area contributed by atoms with Crippen LogP contribution in [0.1, 0.15) is 21.6 Å². The maximum Gasteiger partial charge on any atom is 0.170 e. The van der Waals surface area contributed by atoms with E-state index in [1.807, 2.05) is 0 Å². The molecule has 0 bridgehead atoms. The van der Waals surface area contributed by atoms with Crippen LogP contribution in [0, 0.1) is 12.7 Å². The first-order chi connectivity index (χ1) is 8.49. The first-order valence-electron chi connectivity index (χ1n) is 5.45. The zero-order valence-corrected chi connectivity index (χ0v) is 10.8. The van der Waals surface area contributed by atoms with Crippen LogP contribution in [0.3, 0.4) is 0 Å². The largest absolute Gasteiger partial charge is 0.294 e. The molecule has 1 aromatic heterocycles. The number of carbonyl (C=O) groups is 1. The summed E-state index contributed by atoms with van der Waals surface area (Å²) in [5.41, 5.74) is 1.69. The van der Waals surface area contributed by atoms with Crippen molar-refractivity contribution in [2.75, 3.05) is 0 Å². The van der Waals surface area contributed by atoms with Gasteiger partial charge in [-0.1, -0.05) is 23.7 Å². The quantitative estimate of drug-likeness (QED) is 0.801. The Kier molecular flexibility index (Phi) is 3.48. The Bertz CT molecular complexity index is 607. The highest BCUT2D eigenvalue weighted by molar-refractivity contribution is 6.31. The third-order valence-corrected chi connectivity index (χ3v) is 3.12. The molecule has 0 N–H and O–H groups in total. The van der Waals surface area contributed by atoms with E-state index in [-0.39, 0.29) is 17.2 Å². The van der Waals surface area contributed by atoms with E-state index >= 15 is 0 Å². The number of Topliss-reactive ketones (excluding diaryl/α,β-unsaturated/α-hetero) is 1. The summed E-state index contributed by atoms with van der Waals surface area (Å²) in [6.45, 7) is 1.76. The van der Waals surface area contributed by atoms with E-state index in [9.17, 15) is 9.18 Å². The van der Waals surface area contributed by atoms with Gasteiger partial charge in [0.25, 0.3) is 0 Å². The van der Waals surface area contributed by atoms with Crippen LogP contribution in [0.5, 0.6) is 0 Å². The lowest BCUT2D eigenvalue weighted by molar-refractivity contribution is 0.0992. The number of carbonyl (C=O) groups excluding carboxylic acids is 1. The summed E-state index contributed by atoms with van der Waals surface area (Å²) in [6, 6.07) is 4.46. The number of ketones is 1. The monoisotopic (exact) mass is 266 g/mol. The van der Waals surface area contributed by atoms with Crippen molar-refractivity contribution in [1.82, 2.24) is 9.78 Å². The fraction of sp³-hybridized carbons (Fsp3) is 0.231. The van der Waals surface area contributed by atoms with Gasteiger partial charge in [0.1, 0.15) is 5.82 Å². The van der Waals surface area contributed by atoms with Crippen LogP contribution >= 0.6 is 11.6 Å². The number of aromatic nitrogens is 2. The molecule has 0 saturated carbocycles. The molecule has 0 aliphatic heterocycles. The molecule has 0 aliphatic carbocycles. The summed E-state index contributed by atoms with van der Waals surface area (Å²) in [5.74, 6) is -0.627. The van der Waals surface area contributed by atoms with Crippen LogP contribution in [-0.2, 0) is 13.5 Å². The first kappa shape index (κ1) is 12.8. The van der Waals surface area contributed by atoms with Gasteiger partial charge in [0.05, 0.1) is 16.3 Å². The van der Waals surface area contributed by atoms with E-state index in [0.29, 0.717) is 16.8 Å². The zero-order chi connectivity index (χ0) is 13.3. The minimum atomic E-state index is -0.509. The Labute approximate surface area is 109 Å². The SMILES string of the molecule is Cc1nn(C)cc1C(=O)Cc1cccc(F)c1Cl. The molecular formula is C13H12ClFN2O. The molecule has 0 saturated heterocycles. The second-order valence-electron chi connectivity index (χ2n) is 4.11. The Hall–Kier alpha value is -1.68. The average Bonchev–Trinajstić information content (AvgIpc) is 2.64. The molecular weight excluding hydrogens is 255 g/mol. The first-order valence-corrected chi connectivity index (χ1v) is 5.83. The molecule has 0 amide bonds. The van der Waals surface area contributed by atoms with Gasteiger partial charge in [0.2, 0.25) is 0 Å². The van der Waals surface area contributed by atoms with E-state index in [4.69, 9.17) is 11.6 Å². The van der Waals surface area contributed by atoms with Gasteiger partial charge in [-0.15, -0.1) is 0 Å². The fourth-order valence-corrected chi connectivity index (χ4v) is 2.02. The number of hydrogen-bond acceptors (Lipinski definition) is 2. The van der Waals surface area contributed by atoms with E-state index in [1.54, 1.807) is 37.0 Å². The van der Waals surface area contributed by atoms with Gasteiger partial charge in [-0.05, 0) is 18.6 Å². The maximum absolute atomic E-state index is 13.3. The summed E-state index contributed by atoms with van der Waals surface area (Å²) in [5, 5.41) is 4.11. The summed E-state index contributed by atoms with van der Waals surface area (Å²) in [6.07, 6.45) is 1.73. The Morgan fingerprint density at radius 2 is 2.22 bits per heavy atom. The van der Waals surface area contributed by atoms with Crippen molar-refractivity contribution in [1.29, 1.82) is 0 Å². The van der Waals surface area contributed by atoms with Crippen LogP contribution in [-0.4, -0.2) is 15.6 Å². The van der Waals surface area contributed by atoms with Crippen LogP contribution < -0.4 is 0 Å². The smallest absolute Gasteiger partial charge is 0.170 e. The molecule has 0 atom stereocenters. The molecule has 18 heavy (non-hydrogen) atoms. The van der Waals surface area contributed by atoms with Gasteiger partial charge in [0, 0.05) is 19.7 Å². The molecule has 1 heterocycles. The second kappa shape index (κ2) is 4.90. The number of hydrogen-bond donors (Lipinski definition) is 0. The number of aryl methyl sites for hydroxylation is 2. The molecule has 0 aliphatic rings. The molecule has 2 aromatic rings. The van der Waals surface area contributed by atoms with Crippen LogP contribution in [0.2, 0.25) is 5.02 Å². The van der Waals surface area contributed by atoms with Crippen LogP contribution in [0.25, 0.3) is 0 Å². The van der Waals surface area contributed by atoms with Crippen molar-refractivity contribution in [2.24, 2.45) is 7.05 Å². The van der Waals surface area contributed by atoms with Gasteiger partial charge in [0.15, 0.2) is 5.78 Å². The number of halogens is 2. The van der Waals surface area contributed by atoms with Gasteiger partial charge < -0.3 is 0 Å². The minimum Gasteiger partial charge on any atom is -0.294 e. The van der Waals surface area contributed by atoms with E-state index < -0.39 is 5.82 Å². The van der Waals surface area contributed by atoms with Crippen LogP contribution in [0.4, 0.5) is 4.39 Å². The lowest BCUT2D eigenvalue weighted by atomic mass is 10.0. The maximum atomic E-state index is 13.3. The minimum absolute atomic E-state index is 0.00685. The van der Waals surface area contributed by atoms with Crippen molar-refractivity contribution in [3.8, 4) is 0 Å². The third-order valence-electron chi connectivity index (χ3n) is 2.70. The fourth-order valence-electron chi connectivity index (χ4n) is 1.83. The summed E-state index contributed by atoms with van der Waals surface area (Å²) in [4.78, 5) is 12.1. The molecule has 94 valence electrons. The summed E-state index contributed by atoms with van der Waals surface area (Å²) < 4.78 is 14.8. The topological polar surface area (TPSA) is 34.9 Å². The molecule has 0 fully saturated rings. The van der Waals surface area contributed by atoms with Crippen molar-refractivity contribution >= 4 is 17.4 Å². The van der Waals surface area contributed by atoms with Gasteiger partial charge in [-0.2, -0.15) is 5.10 Å². The molecule has 3 nitrogen and oxygen atoms in total. The van der Waals surface area contributed by atoms with Crippen molar-refractivity contribution < 1.29 is 9.18 Å². The average molecular weight is 267 g/mol. The van der Waals surface area contributed by atoms with Gasteiger partial charge in [-0.25, -0.2) is 4.39 Å². The molecule has 5 heteroatoms. The van der Waals surface area contributed by atoms with Crippen molar-refractivity contribution in [3.63, 3.8) is 0 Å². The third kappa shape index (κ3) is 2.43. The lowest BCUT2D eigenvalue weighted by Gasteiger charge is -2.03. The highest BCUT2D eigenvalue weighted by atomic mass is 35.5. The predicted molar refractivity (Wildman–Crippen MR) is 67.4 cm³/mol. The van der Waals surface area contributed by atoms with E-state index in [2.05, 4.69) is 5.10 Å². The Balaban J connectivity index is 2.27. The highest BCUT2D eigenvalue weighted by Gasteiger charge is 2.15. The van der Waals surface area contributed by atoms with Crippen LogP contribution in [0.15, 0.2) is 24.4 Å². The molecule has 0 spiro atoms. The van der Waals surface area contributed by atoms with E-state index in [1.165, 1.54) is 6.07 Å². The van der Waals surface area contributed by atoms with E-state index in [0.717, 1.165) is 0 Å². The Morgan fingerprint density at radius 3 is 2.83 bits per heavy atom. The normalized spacial score (nSPS) is 10.7. The molecule has 0 unspecified atom stereocenters. The van der Waals surface area contributed by atoms with Gasteiger partial charge in [-0.3, -0.25) is 9.48 Å². The number of rotatable bonds is 3. The lowest BCUT2D eigenvalue weighted by Crippen LogP contribution is -2.05. The molecule has 0 radical (unpaired) electrons. The molecule has 1 aromatic carbocycles. The van der Waals surface area contributed by atoms with Crippen molar-refractivity contribution in [3.05, 3.63) is 52.1 Å².